The first-order chi connectivity index (χ1) is 14.8. The van der Waals surface area contributed by atoms with Crippen LogP contribution in [0, 0.1) is 5.92 Å². The molecule has 5 heteroatoms. The number of thiophene rings is 1. The smallest absolute Gasteiger partial charge is 0.130 e. The summed E-state index contributed by atoms with van der Waals surface area (Å²) in [5.74, 6) is 7.15. The molecule has 1 aliphatic rings. The van der Waals surface area contributed by atoms with Gasteiger partial charge in [0.2, 0.25) is 0 Å². The standard InChI is InChI=1S/C25H26N2O2S/c26-29-25(18-8-2-1-3-9-18)20-16-30-23-12-6-11-22(24(20)23)28-15-19-14-13-17-7-4-5-10-21(17)27-19/h4-7,10-14,16,18,25H,1-3,8-9,15,26H2. The second kappa shape index (κ2) is 8.72. The zero-order valence-electron chi connectivity index (χ0n) is 16.9. The Labute approximate surface area is 180 Å². The fourth-order valence-corrected chi connectivity index (χ4v) is 5.62. The van der Waals surface area contributed by atoms with E-state index in [4.69, 9.17) is 20.5 Å². The Morgan fingerprint density at radius 1 is 1.00 bits per heavy atom. The Hall–Kier alpha value is -2.47. The van der Waals surface area contributed by atoms with Gasteiger partial charge in [0.05, 0.1) is 11.2 Å². The predicted octanol–water partition coefficient (Wildman–Crippen LogP) is 6.54. The summed E-state index contributed by atoms with van der Waals surface area (Å²) in [7, 11) is 0. The minimum absolute atomic E-state index is 0.0809. The van der Waals surface area contributed by atoms with Crippen LogP contribution < -0.4 is 10.6 Å². The molecular formula is C25H26N2O2S. The second-order valence-corrected chi connectivity index (χ2v) is 8.97. The van der Waals surface area contributed by atoms with Crippen LogP contribution in [0.5, 0.6) is 5.75 Å². The van der Waals surface area contributed by atoms with Gasteiger partial charge < -0.3 is 4.74 Å². The molecule has 1 fully saturated rings. The number of hydrogen-bond acceptors (Lipinski definition) is 5. The van der Waals surface area contributed by atoms with E-state index in [-0.39, 0.29) is 6.10 Å². The number of nitrogens with zero attached hydrogens (tertiary/aromatic N) is 1. The van der Waals surface area contributed by atoms with Crippen LogP contribution >= 0.6 is 11.3 Å². The van der Waals surface area contributed by atoms with Gasteiger partial charge in [-0.2, -0.15) is 0 Å². The van der Waals surface area contributed by atoms with Gasteiger partial charge in [0, 0.05) is 21.0 Å². The fraction of sp³-hybridized carbons (Fsp3) is 0.320. The van der Waals surface area contributed by atoms with Gasteiger partial charge >= 0.3 is 0 Å². The summed E-state index contributed by atoms with van der Waals surface area (Å²) < 4.78 is 7.48. The molecule has 0 radical (unpaired) electrons. The van der Waals surface area contributed by atoms with Gasteiger partial charge in [0.25, 0.3) is 0 Å². The van der Waals surface area contributed by atoms with Gasteiger partial charge in [-0.3, -0.25) is 4.84 Å². The number of aromatic nitrogens is 1. The Morgan fingerprint density at radius 2 is 1.87 bits per heavy atom. The number of para-hydroxylation sites is 1. The van der Waals surface area contributed by atoms with Crippen molar-refractivity contribution in [1.82, 2.24) is 4.98 Å². The van der Waals surface area contributed by atoms with Gasteiger partial charge in [-0.1, -0.05) is 49.6 Å². The van der Waals surface area contributed by atoms with E-state index in [2.05, 4.69) is 23.6 Å². The van der Waals surface area contributed by atoms with Crippen LogP contribution in [0.15, 0.2) is 60.0 Å². The first kappa shape index (κ1) is 19.5. The monoisotopic (exact) mass is 418 g/mol. The lowest BCUT2D eigenvalue weighted by Crippen LogP contribution is -2.21. The second-order valence-electron chi connectivity index (χ2n) is 8.06. The molecule has 1 saturated carbocycles. The molecule has 30 heavy (non-hydrogen) atoms. The summed E-state index contributed by atoms with van der Waals surface area (Å²) in [5, 5.41) is 4.46. The normalized spacial score (nSPS) is 16.2. The molecular weight excluding hydrogens is 392 g/mol. The van der Waals surface area contributed by atoms with Gasteiger partial charge in [0.15, 0.2) is 0 Å². The van der Waals surface area contributed by atoms with Crippen molar-refractivity contribution in [1.29, 1.82) is 0 Å². The average molecular weight is 419 g/mol. The zero-order valence-corrected chi connectivity index (χ0v) is 17.7. The van der Waals surface area contributed by atoms with Crippen LogP contribution in [0.25, 0.3) is 21.0 Å². The minimum atomic E-state index is -0.0809. The van der Waals surface area contributed by atoms with Gasteiger partial charge in [-0.05, 0) is 48.4 Å². The highest BCUT2D eigenvalue weighted by molar-refractivity contribution is 7.17. The van der Waals surface area contributed by atoms with Crippen molar-refractivity contribution >= 4 is 32.3 Å². The molecule has 154 valence electrons. The van der Waals surface area contributed by atoms with Crippen LogP contribution in [0.2, 0.25) is 0 Å². The summed E-state index contributed by atoms with van der Waals surface area (Å²) in [4.78, 5) is 10.3. The largest absolute Gasteiger partial charge is 0.487 e. The highest BCUT2D eigenvalue weighted by atomic mass is 32.1. The topological polar surface area (TPSA) is 57.4 Å². The van der Waals surface area contributed by atoms with E-state index in [0.717, 1.165) is 33.3 Å². The predicted molar refractivity (Wildman–Crippen MR) is 122 cm³/mol. The number of benzene rings is 2. The van der Waals surface area contributed by atoms with Crippen LogP contribution in [0.4, 0.5) is 0 Å². The van der Waals surface area contributed by atoms with Crippen molar-refractivity contribution in [3.8, 4) is 5.75 Å². The van der Waals surface area contributed by atoms with Crippen LogP contribution in [-0.2, 0) is 11.4 Å². The third-order valence-electron chi connectivity index (χ3n) is 6.15. The molecule has 4 aromatic rings. The summed E-state index contributed by atoms with van der Waals surface area (Å²) in [6.45, 7) is 0.427. The number of ether oxygens (including phenoxy) is 1. The highest BCUT2D eigenvalue weighted by Crippen LogP contribution is 2.43. The third kappa shape index (κ3) is 3.81. The van der Waals surface area contributed by atoms with Crippen molar-refractivity contribution in [3.05, 3.63) is 71.2 Å². The van der Waals surface area contributed by atoms with Gasteiger partial charge in [0.1, 0.15) is 18.5 Å². The summed E-state index contributed by atoms with van der Waals surface area (Å²) in [6.07, 6.45) is 6.08. The molecule has 1 atom stereocenters. The Kier molecular flexibility index (Phi) is 5.67. The molecule has 0 amide bonds. The van der Waals surface area contributed by atoms with Crippen molar-refractivity contribution in [2.45, 2.75) is 44.8 Å². The number of nitrogens with two attached hydrogens (primary N) is 1. The molecule has 4 nitrogen and oxygen atoms in total. The van der Waals surface area contributed by atoms with E-state index in [0.29, 0.717) is 12.5 Å². The number of fused-ring (bicyclic) bond motifs is 2. The third-order valence-corrected chi connectivity index (χ3v) is 7.12. The van der Waals surface area contributed by atoms with E-state index in [9.17, 15) is 0 Å². The average Bonchev–Trinajstić information content (AvgIpc) is 3.23. The fourth-order valence-electron chi connectivity index (χ4n) is 4.62. The molecule has 2 aromatic carbocycles. The summed E-state index contributed by atoms with van der Waals surface area (Å²) in [6, 6.07) is 18.5. The molecule has 5 rings (SSSR count). The molecule has 0 aliphatic heterocycles. The summed E-state index contributed by atoms with van der Waals surface area (Å²) >= 11 is 1.73. The van der Waals surface area contributed by atoms with E-state index < -0.39 is 0 Å². The number of rotatable bonds is 6. The maximum absolute atomic E-state index is 6.28. The molecule has 1 aliphatic carbocycles. The minimum Gasteiger partial charge on any atom is -0.487 e. The van der Waals surface area contributed by atoms with Crippen molar-refractivity contribution in [2.24, 2.45) is 11.8 Å². The van der Waals surface area contributed by atoms with E-state index >= 15 is 0 Å². The molecule has 0 spiro atoms. The quantitative estimate of drug-likeness (QED) is 0.361. The van der Waals surface area contributed by atoms with Crippen molar-refractivity contribution < 1.29 is 9.57 Å². The van der Waals surface area contributed by atoms with Gasteiger partial charge in [-0.25, -0.2) is 10.9 Å². The van der Waals surface area contributed by atoms with E-state index in [1.165, 1.54) is 36.8 Å². The Balaban J connectivity index is 1.44. The molecule has 2 N–H and O–H groups in total. The first-order valence-electron chi connectivity index (χ1n) is 10.7. The van der Waals surface area contributed by atoms with Crippen LogP contribution in [0.1, 0.15) is 49.5 Å². The zero-order chi connectivity index (χ0) is 20.3. The maximum Gasteiger partial charge on any atom is 0.130 e. The maximum atomic E-state index is 6.28. The Morgan fingerprint density at radius 3 is 2.73 bits per heavy atom. The van der Waals surface area contributed by atoms with E-state index in [1.54, 1.807) is 11.3 Å². The SMILES string of the molecule is NOC(c1csc2cccc(OCc3ccc4ccccc4n3)c12)C1CCCCC1. The molecule has 0 saturated heterocycles. The summed E-state index contributed by atoms with van der Waals surface area (Å²) in [5.41, 5.74) is 3.06. The highest BCUT2D eigenvalue weighted by Gasteiger charge is 2.28. The number of pyridine rings is 1. The Bertz CT molecular complexity index is 1150. The van der Waals surface area contributed by atoms with Gasteiger partial charge in [-0.15, -0.1) is 11.3 Å². The molecule has 1 unspecified atom stereocenters. The van der Waals surface area contributed by atoms with Crippen molar-refractivity contribution in [3.63, 3.8) is 0 Å². The lowest BCUT2D eigenvalue weighted by molar-refractivity contribution is -0.00166. The lowest BCUT2D eigenvalue weighted by atomic mass is 9.82. The lowest BCUT2D eigenvalue weighted by Gasteiger charge is -2.28. The van der Waals surface area contributed by atoms with Crippen LogP contribution in [0.3, 0.4) is 0 Å². The first-order valence-corrected chi connectivity index (χ1v) is 11.5. The number of hydrogen-bond donors (Lipinski definition) is 1. The van der Waals surface area contributed by atoms with Crippen LogP contribution in [-0.4, -0.2) is 4.98 Å². The molecule has 0 bridgehead atoms. The van der Waals surface area contributed by atoms with E-state index in [1.807, 2.05) is 36.4 Å². The molecule has 2 heterocycles. The molecule has 2 aromatic heterocycles. The van der Waals surface area contributed by atoms with Crippen molar-refractivity contribution in [2.75, 3.05) is 0 Å².